The Morgan fingerprint density at radius 3 is 3.00 bits per heavy atom. The van der Waals surface area contributed by atoms with Crippen LogP contribution in [-0.2, 0) is 11.2 Å². The molecule has 0 unspecified atom stereocenters. The first-order valence-electron chi connectivity index (χ1n) is 4.45. The average molecular weight is 203 g/mol. The molecule has 0 bridgehead atoms. The highest BCUT2D eigenvalue weighted by Crippen LogP contribution is 2.18. The lowest BCUT2D eigenvalue weighted by Gasteiger charge is -1.99. The van der Waals surface area contributed by atoms with Gasteiger partial charge in [0, 0.05) is 5.56 Å². The van der Waals surface area contributed by atoms with Crippen LogP contribution in [0, 0.1) is 0 Å². The van der Waals surface area contributed by atoms with E-state index in [2.05, 4.69) is 4.98 Å². The summed E-state index contributed by atoms with van der Waals surface area (Å²) in [5.74, 6) is -0.840. The van der Waals surface area contributed by atoms with Crippen molar-refractivity contribution in [2.75, 3.05) is 0 Å². The monoisotopic (exact) mass is 203 g/mol. The van der Waals surface area contributed by atoms with Crippen LogP contribution < -0.4 is 0 Å². The van der Waals surface area contributed by atoms with Crippen molar-refractivity contribution in [3.63, 3.8) is 0 Å². The van der Waals surface area contributed by atoms with E-state index in [0.717, 1.165) is 11.1 Å². The Morgan fingerprint density at radius 2 is 2.33 bits per heavy atom. The fourth-order valence-electron chi connectivity index (χ4n) is 1.37. The molecule has 0 aliphatic rings. The quantitative estimate of drug-likeness (QED) is 0.828. The highest BCUT2D eigenvalue weighted by atomic mass is 16.4. The number of carboxylic acids is 1. The highest BCUT2D eigenvalue weighted by molar-refractivity contribution is 5.71. The number of nitrogens with zero attached hydrogens (tertiary/aromatic N) is 1. The van der Waals surface area contributed by atoms with Crippen molar-refractivity contribution in [2.45, 2.75) is 6.42 Å². The predicted octanol–water partition coefficient (Wildman–Crippen LogP) is 1.97. The molecule has 4 heteroatoms. The van der Waals surface area contributed by atoms with Crippen molar-refractivity contribution in [3.05, 3.63) is 42.5 Å². The lowest BCUT2D eigenvalue weighted by Crippen LogP contribution is -1.99. The first kappa shape index (κ1) is 9.45. The summed E-state index contributed by atoms with van der Waals surface area (Å²) in [6, 6.07) is 7.25. The molecule has 15 heavy (non-hydrogen) atoms. The van der Waals surface area contributed by atoms with Gasteiger partial charge in [0.25, 0.3) is 0 Å². The van der Waals surface area contributed by atoms with E-state index in [0.29, 0.717) is 5.69 Å². The summed E-state index contributed by atoms with van der Waals surface area (Å²) in [5.41, 5.74) is 2.33. The lowest BCUT2D eigenvalue weighted by molar-refractivity contribution is -0.136. The Labute approximate surface area is 86.2 Å². The molecule has 0 aliphatic heterocycles. The molecule has 0 spiro atoms. The SMILES string of the molecule is O=C(O)Cc1cccc(-c2cocn2)c1. The minimum absolute atomic E-state index is 0.0195. The minimum atomic E-state index is -0.840. The average Bonchev–Trinajstić information content (AvgIpc) is 2.69. The maximum absolute atomic E-state index is 10.5. The van der Waals surface area contributed by atoms with Gasteiger partial charge in [-0.05, 0) is 11.6 Å². The van der Waals surface area contributed by atoms with Crippen molar-refractivity contribution in [3.8, 4) is 11.3 Å². The van der Waals surface area contributed by atoms with Crippen molar-refractivity contribution in [1.29, 1.82) is 0 Å². The molecule has 0 amide bonds. The van der Waals surface area contributed by atoms with Crippen LogP contribution in [0.1, 0.15) is 5.56 Å². The van der Waals surface area contributed by atoms with Gasteiger partial charge in [-0.2, -0.15) is 0 Å². The van der Waals surface area contributed by atoms with Gasteiger partial charge in [-0.15, -0.1) is 0 Å². The summed E-state index contributed by atoms with van der Waals surface area (Å²) in [5, 5.41) is 8.65. The molecule has 76 valence electrons. The lowest BCUT2D eigenvalue weighted by atomic mass is 10.1. The Kier molecular flexibility index (Phi) is 2.49. The van der Waals surface area contributed by atoms with Crippen LogP contribution >= 0.6 is 0 Å². The number of aromatic nitrogens is 1. The van der Waals surface area contributed by atoms with Crippen molar-refractivity contribution in [1.82, 2.24) is 4.98 Å². The number of hydrogen-bond donors (Lipinski definition) is 1. The minimum Gasteiger partial charge on any atom is -0.481 e. The molecule has 1 aromatic carbocycles. The van der Waals surface area contributed by atoms with Crippen LogP contribution in [0.25, 0.3) is 11.3 Å². The summed E-state index contributed by atoms with van der Waals surface area (Å²) >= 11 is 0. The van der Waals surface area contributed by atoms with Crippen LogP contribution in [0.5, 0.6) is 0 Å². The van der Waals surface area contributed by atoms with Gasteiger partial charge in [0.2, 0.25) is 0 Å². The van der Waals surface area contributed by atoms with Crippen LogP contribution in [0.2, 0.25) is 0 Å². The van der Waals surface area contributed by atoms with Crippen molar-refractivity contribution in [2.24, 2.45) is 0 Å². The topological polar surface area (TPSA) is 63.3 Å². The normalized spacial score (nSPS) is 10.1. The Bertz CT molecular complexity index is 462. The van der Waals surface area contributed by atoms with E-state index in [-0.39, 0.29) is 6.42 Å². The van der Waals surface area contributed by atoms with Crippen LogP contribution in [0.15, 0.2) is 41.3 Å². The molecule has 0 aliphatic carbocycles. The molecule has 2 aromatic rings. The number of hydrogen-bond acceptors (Lipinski definition) is 3. The maximum Gasteiger partial charge on any atom is 0.307 e. The Balaban J connectivity index is 2.31. The second-order valence-corrected chi connectivity index (χ2v) is 3.14. The first-order chi connectivity index (χ1) is 7.25. The summed E-state index contributed by atoms with van der Waals surface area (Å²) < 4.78 is 4.86. The summed E-state index contributed by atoms with van der Waals surface area (Å²) in [7, 11) is 0. The first-order valence-corrected chi connectivity index (χ1v) is 4.45. The molecule has 0 saturated carbocycles. The van der Waals surface area contributed by atoms with E-state index >= 15 is 0 Å². The highest BCUT2D eigenvalue weighted by Gasteiger charge is 2.04. The van der Waals surface area contributed by atoms with Gasteiger partial charge in [-0.3, -0.25) is 4.79 Å². The van der Waals surface area contributed by atoms with Gasteiger partial charge in [-0.1, -0.05) is 18.2 Å². The number of benzene rings is 1. The summed E-state index contributed by atoms with van der Waals surface area (Å²) in [4.78, 5) is 14.5. The Morgan fingerprint density at radius 1 is 1.47 bits per heavy atom. The fourth-order valence-corrected chi connectivity index (χ4v) is 1.37. The van der Waals surface area contributed by atoms with E-state index in [4.69, 9.17) is 9.52 Å². The molecule has 0 radical (unpaired) electrons. The number of carbonyl (C=O) groups is 1. The van der Waals surface area contributed by atoms with Gasteiger partial charge in [0.15, 0.2) is 6.39 Å². The van der Waals surface area contributed by atoms with E-state index in [1.54, 1.807) is 12.1 Å². The predicted molar refractivity (Wildman–Crippen MR) is 53.3 cm³/mol. The molecule has 0 atom stereocenters. The standard InChI is InChI=1S/C11H9NO3/c13-11(14)5-8-2-1-3-9(4-8)10-6-15-7-12-10/h1-4,6-7H,5H2,(H,13,14). The zero-order valence-electron chi connectivity index (χ0n) is 7.88. The van der Waals surface area contributed by atoms with Crippen molar-refractivity contribution < 1.29 is 14.3 Å². The number of aliphatic carboxylic acids is 1. The van der Waals surface area contributed by atoms with Gasteiger partial charge in [-0.25, -0.2) is 4.98 Å². The largest absolute Gasteiger partial charge is 0.481 e. The molecular formula is C11H9NO3. The van der Waals surface area contributed by atoms with E-state index in [1.807, 2.05) is 12.1 Å². The van der Waals surface area contributed by atoms with E-state index in [1.165, 1.54) is 12.7 Å². The zero-order valence-corrected chi connectivity index (χ0v) is 7.88. The van der Waals surface area contributed by atoms with Gasteiger partial charge < -0.3 is 9.52 Å². The van der Waals surface area contributed by atoms with Crippen LogP contribution in [0.4, 0.5) is 0 Å². The molecule has 0 fully saturated rings. The van der Waals surface area contributed by atoms with Crippen LogP contribution in [-0.4, -0.2) is 16.1 Å². The maximum atomic E-state index is 10.5. The van der Waals surface area contributed by atoms with Gasteiger partial charge in [0.05, 0.1) is 6.42 Å². The molecule has 2 rings (SSSR count). The number of carboxylic acid groups (broad SMARTS) is 1. The molecule has 4 nitrogen and oxygen atoms in total. The number of rotatable bonds is 3. The fraction of sp³-hybridized carbons (Fsp3) is 0.0909. The molecule has 1 aromatic heterocycles. The third-order valence-electron chi connectivity index (χ3n) is 2.01. The zero-order chi connectivity index (χ0) is 10.7. The van der Waals surface area contributed by atoms with E-state index < -0.39 is 5.97 Å². The molecule has 1 N–H and O–H groups in total. The molecule has 0 saturated heterocycles. The second-order valence-electron chi connectivity index (χ2n) is 3.14. The second kappa shape index (κ2) is 3.96. The summed E-state index contributed by atoms with van der Waals surface area (Å²) in [6.07, 6.45) is 2.89. The van der Waals surface area contributed by atoms with E-state index in [9.17, 15) is 4.79 Å². The van der Waals surface area contributed by atoms with Gasteiger partial charge >= 0.3 is 5.97 Å². The number of oxazole rings is 1. The smallest absolute Gasteiger partial charge is 0.307 e. The Hall–Kier alpha value is -2.10. The molecular weight excluding hydrogens is 194 g/mol. The van der Waals surface area contributed by atoms with Crippen molar-refractivity contribution >= 4 is 5.97 Å². The van der Waals surface area contributed by atoms with Crippen LogP contribution in [0.3, 0.4) is 0 Å². The third-order valence-corrected chi connectivity index (χ3v) is 2.01. The van der Waals surface area contributed by atoms with Gasteiger partial charge in [0.1, 0.15) is 12.0 Å². The summed E-state index contributed by atoms with van der Waals surface area (Å²) in [6.45, 7) is 0. The third kappa shape index (κ3) is 2.22. The molecule has 1 heterocycles.